The summed E-state index contributed by atoms with van der Waals surface area (Å²) in [5.41, 5.74) is 3.41. The molecule has 6 nitrogen and oxygen atoms in total. The van der Waals surface area contributed by atoms with E-state index in [0.29, 0.717) is 12.8 Å². The number of nitrogens with zero attached hydrogens (tertiary/aromatic N) is 4. The summed E-state index contributed by atoms with van der Waals surface area (Å²) in [6.45, 7) is 0. The van der Waals surface area contributed by atoms with Crippen molar-refractivity contribution < 1.29 is 9.59 Å². The van der Waals surface area contributed by atoms with E-state index in [0.717, 1.165) is 46.4 Å². The Labute approximate surface area is 182 Å². The molecule has 0 saturated heterocycles. The standard InChI is InChI=1S/C22H22N4O2S2/c27-21(25-15-23-17-7-1-3-9-19(17)25)11-5-13-29-30-14-6-12-22(28)26-16-24-18-8-2-4-10-20(18)26/h1-4,7-10,15-16H,5-6,11-14H2. The molecular formula is C22H22N4O2S2. The molecule has 2 aromatic carbocycles. The van der Waals surface area contributed by atoms with E-state index < -0.39 is 0 Å². The molecule has 0 fully saturated rings. The van der Waals surface area contributed by atoms with Crippen molar-refractivity contribution in [1.82, 2.24) is 19.1 Å². The number of rotatable bonds is 9. The molecule has 154 valence electrons. The Balaban J connectivity index is 1.12. The van der Waals surface area contributed by atoms with Crippen LogP contribution in [-0.4, -0.2) is 42.4 Å². The van der Waals surface area contributed by atoms with Crippen LogP contribution in [0.3, 0.4) is 0 Å². The SMILES string of the molecule is O=C(CCCSSCCCC(=O)n1cnc2ccccc21)n1cnc2ccccc21. The molecule has 8 heteroatoms. The summed E-state index contributed by atoms with van der Waals surface area (Å²) in [5, 5.41) is 0. The van der Waals surface area contributed by atoms with Crippen molar-refractivity contribution in [2.45, 2.75) is 25.7 Å². The molecular weight excluding hydrogens is 416 g/mol. The number of hydrogen-bond acceptors (Lipinski definition) is 6. The van der Waals surface area contributed by atoms with Crippen molar-refractivity contribution in [3.05, 3.63) is 61.2 Å². The van der Waals surface area contributed by atoms with Crippen LogP contribution in [0.2, 0.25) is 0 Å². The topological polar surface area (TPSA) is 69.8 Å². The number of benzene rings is 2. The molecule has 0 bridgehead atoms. The minimum Gasteiger partial charge on any atom is -0.274 e. The minimum absolute atomic E-state index is 0.0763. The first-order valence-corrected chi connectivity index (χ1v) is 12.4. The van der Waals surface area contributed by atoms with Gasteiger partial charge in [-0.25, -0.2) is 9.97 Å². The van der Waals surface area contributed by atoms with Gasteiger partial charge in [0.1, 0.15) is 12.7 Å². The molecule has 0 aliphatic carbocycles. The van der Waals surface area contributed by atoms with Crippen molar-refractivity contribution >= 4 is 55.5 Å². The molecule has 0 radical (unpaired) electrons. The number of imidazole rings is 2. The van der Waals surface area contributed by atoms with Crippen LogP contribution in [0.15, 0.2) is 61.2 Å². The van der Waals surface area contributed by atoms with Gasteiger partial charge >= 0.3 is 0 Å². The highest BCUT2D eigenvalue weighted by Gasteiger charge is 2.10. The summed E-state index contributed by atoms with van der Waals surface area (Å²) < 4.78 is 3.27. The van der Waals surface area contributed by atoms with Crippen molar-refractivity contribution in [2.24, 2.45) is 0 Å². The smallest absolute Gasteiger partial charge is 0.232 e. The fourth-order valence-electron chi connectivity index (χ4n) is 3.24. The third-order valence-corrected chi connectivity index (χ3v) is 7.34. The fraction of sp³-hybridized carbons (Fsp3) is 0.273. The lowest BCUT2D eigenvalue weighted by atomic mass is 10.3. The molecule has 0 spiro atoms. The van der Waals surface area contributed by atoms with E-state index in [1.807, 2.05) is 48.5 Å². The first kappa shape index (κ1) is 20.7. The van der Waals surface area contributed by atoms with Crippen LogP contribution in [0.5, 0.6) is 0 Å². The van der Waals surface area contributed by atoms with Gasteiger partial charge in [-0.1, -0.05) is 45.9 Å². The largest absolute Gasteiger partial charge is 0.274 e. The van der Waals surface area contributed by atoms with Gasteiger partial charge in [0.05, 0.1) is 22.1 Å². The molecule has 2 aromatic heterocycles. The number of hydrogen-bond donors (Lipinski definition) is 0. The van der Waals surface area contributed by atoms with Gasteiger partial charge in [-0.15, -0.1) is 0 Å². The first-order chi connectivity index (χ1) is 14.7. The molecule has 0 unspecified atom stereocenters. The van der Waals surface area contributed by atoms with Crippen LogP contribution in [0.4, 0.5) is 0 Å². The fourth-order valence-corrected chi connectivity index (χ4v) is 5.41. The highest BCUT2D eigenvalue weighted by Crippen LogP contribution is 2.24. The Morgan fingerprint density at radius 3 is 1.60 bits per heavy atom. The minimum atomic E-state index is 0.0763. The molecule has 0 N–H and O–H groups in total. The summed E-state index contributed by atoms with van der Waals surface area (Å²) in [7, 11) is 3.51. The lowest BCUT2D eigenvalue weighted by molar-refractivity contribution is 0.0898. The van der Waals surface area contributed by atoms with E-state index in [1.165, 1.54) is 0 Å². The molecule has 4 aromatic rings. The number of aromatic nitrogens is 4. The van der Waals surface area contributed by atoms with Crippen LogP contribution >= 0.6 is 21.6 Å². The summed E-state index contributed by atoms with van der Waals surface area (Å²) in [5.74, 6) is 1.96. The maximum Gasteiger partial charge on any atom is 0.232 e. The molecule has 0 aliphatic heterocycles. The van der Waals surface area contributed by atoms with Crippen molar-refractivity contribution in [1.29, 1.82) is 0 Å². The van der Waals surface area contributed by atoms with Gasteiger partial charge in [-0.05, 0) is 37.1 Å². The monoisotopic (exact) mass is 438 g/mol. The van der Waals surface area contributed by atoms with Gasteiger partial charge in [0.15, 0.2) is 0 Å². The Morgan fingerprint density at radius 1 is 0.700 bits per heavy atom. The first-order valence-electron chi connectivity index (χ1n) is 9.89. The molecule has 0 saturated carbocycles. The van der Waals surface area contributed by atoms with Crippen LogP contribution < -0.4 is 0 Å². The summed E-state index contributed by atoms with van der Waals surface area (Å²) >= 11 is 0. The second-order valence-electron chi connectivity index (χ2n) is 6.85. The number of fused-ring (bicyclic) bond motifs is 2. The maximum absolute atomic E-state index is 12.4. The molecule has 4 rings (SSSR count). The lowest BCUT2D eigenvalue weighted by Crippen LogP contribution is -2.09. The quantitative estimate of drug-likeness (QED) is 0.261. The lowest BCUT2D eigenvalue weighted by Gasteiger charge is -2.04. The predicted octanol–water partition coefficient (Wildman–Crippen LogP) is 5.31. The van der Waals surface area contributed by atoms with Gasteiger partial charge < -0.3 is 0 Å². The van der Waals surface area contributed by atoms with E-state index in [2.05, 4.69) is 9.97 Å². The normalized spacial score (nSPS) is 11.3. The van der Waals surface area contributed by atoms with Crippen molar-refractivity contribution in [2.75, 3.05) is 11.5 Å². The van der Waals surface area contributed by atoms with Gasteiger partial charge in [0.2, 0.25) is 11.8 Å². The molecule has 2 heterocycles. The number of carbonyl (C=O) groups is 2. The Bertz CT molecular complexity index is 1080. The third kappa shape index (κ3) is 4.76. The second-order valence-corrected chi connectivity index (χ2v) is 9.55. The van der Waals surface area contributed by atoms with E-state index in [4.69, 9.17) is 0 Å². The molecule has 0 aliphatic rings. The predicted molar refractivity (Wildman–Crippen MR) is 124 cm³/mol. The second kappa shape index (κ2) is 9.95. The van der Waals surface area contributed by atoms with Crippen LogP contribution in [0.25, 0.3) is 22.1 Å². The summed E-state index contributed by atoms with van der Waals surface area (Å²) in [4.78, 5) is 33.3. The maximum atomic E-state index is 12.4. The highest BCUT2D eigenvalue weighted by atomic mass is 33.1. The van der Waals surface area contributed by atoms with Crippen LogP contribution in [0, 0.1) is 0 Å². The highest BCUT2D eigenvalue weighted by molar-refractivity contribution is 8.76. The molecule has 0 atom stereocenters. The van der Waals surface area contributed by atoms with E-state index in [-0.39, 0.29) is 11.8 Å². The van der Waals surface area contributed by atoms with E-state index in [1.54, 1.807) is 43.4 Å². The summed E-state index contributed by atoms with van der Waals surface area (Å²) in [6, 6.07) is 15.3. The number of carbonyl (C=O) groups excluding carboxylic acids is 2. The Hall–Kier alpha value is -2.58. The van der Waals surface area contributed by atoms with E-state index in [9.17, 15) is 9.59 Å². The van der Waals surface area contributed by atoms with Crippen LogP contribution in [0.1, 0.15) is 35.3 Å². The van der Waals surface area contributed by atoms with Crippen molar-refractivity contribution in [3.8, 4) is 0 Å². The van der Waals surface area contributed by atoms with Crippen LogP contribution in [-0.2, 0) is 0 Å². The average Bonchev–Trinajstić information content (AvgIpc) is 3.39. The zero-order chi connectivity index (χ0) is 20.8. The molecule has 0 amide bonds. The molecule has 30 heavy (non-hydrogen) atoms. The van der Waals surface area contributed by atoms with E-state index >= 15 is 0 Å². The number of para-hydroxylation sites is 4. The van der Waals surface area contributed by atoms with Gasteiger partial charge in [-0.3, -0.25) is 18.7 Å². The third-order valence-electron chi connectivity index (χ3n) is 4.76. The van der Waals surface area contributed by atoms with Crippen molar-refractivity contribution in [3.63, 3.8) is 0 Å². The Kier molecular flexibility index (Phi) is 6.86. The van der Waals surface area contributed by atoms with Gasteiger partial charge in [-0.2, -0.15) is 0 Å². The van der Waals surface area contributed by atoms with Gasteiger partial charge in [0, 0.05) is 24.3 Å². The average molecular weight is 439 g/mol. The zero-order valence-corrected chi connectivity index (χ0v) is 18.1. The van der Waals surface area contributed by atoms with Gasteiger partial charge in [0.25, 0.3) is 0 Å². The Morgan fingerprint density at radius 2 is 1.13 bits per heavy atom. The zero-order valence-electron chi connectivity index (χ0n) is 16.4. The summed E-state index contributed by atoms with van der Waals surface area (Å²) in [6.07, 6.45) is 5.86.